The average Bonchev–Trinajstić information content (AvgIpc) is 3.51. The molecule has 7 nitrogen and oxygen atoms in total. The number of ether oxygens (including phenoxy) is 1. The van der Waals surface area contributed by atoms with E-state index in [4.69, 9.17) is 4.74 Å². The third-order valence-electron chi connectivity index (χ3n) is 21.4. The summed E-state index contributed by atoms with van der Waals surface area (Å²) in [4.78, 5) is 46.2. The highest BCUT2D eigenvalue weighted by Crippen LogP contribution is 2.79. The average molecular weight is 775 g/mol. The second-order valence-corrected chi connectivity index (χ2v) is 24.1. The molecule has 1 N–H and O–H groups in total. The monoisotopic (exact) mass is 775 g/mol. The van der Waals surface area contributed by atoms with Gasteiger partial charge in [-0.05, 0) is 179 Å². The van der Waals surface area contributed by atoms with Crippen molar-refractivity contribution < 1.29 is 24.2 Å². The van der Waals surface area contributed by atoms with E-state index in [1.165, 1.54) is 96.6 Å². The Kier molecular flexibility index (Phi) is 9.37. The van der Waals surface area contributed by atoms with Crippen molar-refractivity contribution in [2.24, 2.45) is 79.3 Å². The molecule has 0 aromatic carbocycles. The fraction of sp³-hybridized carbons (Fsp3) is 0.939. The lowest BCUT2D eigenvalue weighted by atomic mass is 9.32. The fourth-order valence-corrected chi connectivity index (χ4v) is 17.5. The summed E-state index contributed by atoms with van der Waals surface area (Å²) in [6, 6.07) is 0.405. The number of carbonyl (C=O) groups is 3. The summed E-state index contributed by atoms with van der Waals surface area (Å²) in [5.74, 6) is 1.69. The van der Waals surface area contributed by atoms with E-state index in [-0.39, 0.29) is 45.1 Å². The number of hydrogen-bond donors (Lipinski definition) is 1. The standard InChI is InChI=1S/C49H78N2O5/c1-43(2)34(40(52)53)29-35(43)41(54)56-38-18-19-46(6)36(44(38,3)4)17-20-48(8)37(46)15-14-33-39-32(45(5)22-23-45)16-21-49(39,25-24-47(33,48)7)42(55)51-28-12-13-31(51)30-50-26-10-9-11-27-50/h31-39H,9-30H2,1-8H3,(H,52,53)/t31-,32+,33+,34-,35+,36?,37?,38-,39?,46-,47+,48+,49-/m0/s1. The number of carbonyl (C=O) groups excluding carboxylic acids is 2. The Morgan fingerprint density at radius 1 is 0.643 bits per heavy atom. The maximum absolute atomic E-state index is 15.5. The number of likely N-dealkylation sites (tertiary alicyclic amines) is 2. The molecule has 2 heterocycles. The molecule has 7 saturated carbocycles. The minimum atomic E-state index is -0.801. The molecule has 7 heteroatoms. The van der Waals surface area contributed by atoms with Gasteiger partial charge < -0.3 is 19.6 Å². The first kappa shape index (κ1) is 39.8. The number of rotatable bonds is 7. The molecule has 0 aromatic heterocycles. The van der Waals surface area contributed by atoms with E-state index in [9.17, 15) is 14.7 Å². The number of nitrogens with zero attached hydrogens (tertiary/aromatic N) is 2. The van der Waals surface area contributed by atoms with Crippen LogP contribution in [0.3, 0.4) is 0 Å². The van der Waals surface area contributed by atoms with Crippen LogP contribution < -0.4 is 0 Å². The predicted octanol–water partition coefficient (Wildman–Crippen LogP) is 10.0. The Morgan fingerprint density at radius 2 is 1.38 bits per heavy atom. The topological polar surface area (TPSA) is 87.2 Å². The van der Waals surface area contributed by atoms with Crippen LogP contribution in [0.2, 0.25) is 0 Å². The van der Waals surface area contributed by atoms with E-state index >= 15 is 4.79 Å². The fourth-order valence-electron chi connectivity index (χ4n) is 17.5. The van der Waals surface area contributed by atoms with E-state index in [0.29, 0.717) is 53.4 Å². The third kappa shape index (κ3) is 5.51. The summed E-state index contributed by atoms with van der Waals surface area (Å²) in [7, 11) is 0. The van der Waals surface area contributed by atoms with E-state index in [2.05, 4.69) is 51.3 Å². The van der Waals surface area contributed by atoms with Crippen molar-refractivity contribution in [3.8, 4) is 0 Å². The molecule has 9 fully saturated rings. The first-order valence-electron chi connectivity index (χ1n) is 23.8. The summed E-state index contributed by atoms with van der Waals surface area (Å²) in [5, 5.41) is 9.70. The van der Waals surface area contributed by atoms with Crippen LogP contribution in [-0.4, -0.2) is 71.1 Å². The highest BCUT2D eigenvalue weighted by molar-refractivity contribution is 5.84. The SMILES string of the molecule is CC1([C@@H]2CC[C@]3(C(=O)N4CCC[C@H]4CN4CCCCC4)CC[C@]4(C)[C@H](CCC5[C@@]6(C)CC[C@H](OC(=O)[C@H]7C[C@@H](C(=O)O)C7(C)C)C(C)(C)C6CC[C@]54C)C23)CC1. The van der Waals surface area contributed by atoms with Gasteiger partial charge in [0.1, 0.15) is 6.10 Å². The molecule has 3 unspecified atom stereocenters. The lowest BCUT2D eigenvalue weighted by Gasteiger charge is -2.73. The van der Waals surface area contributed by atoms with Crippen molar-refractivity contribution in [3.63, 3.8) is 0 Å². The summed E-state index contributed by atoms with van der Waals surface area (Å²) < 4.78 is 6.49. The molecular formula is C49H78N2O5. The van der Waals surface area contributed by atoms with Gasteiger partial charge in [0.05, 0.1) is 17.3 Å². The maximum Gasteiger partial charge on any atom is 0.309 e. The molecule has 0 spiro atoms. The number of esters is 1. The number of amides is 1. The van der Waals surface area contributed by atoms with Crippen LogP contribution in [0.25, 0.3) is 0 Å². The van der Waals surface area contributed by atoms with Crippen LogP contribution in [0, 0.1) is 79.3 Å². The first-order valence-corrected chi connectivity index (χ1v) is 23.8. The van der Waals surface area contributed by atoms with E-state index < -0.39 is 17.3 Å². The van der Waals surface area contributed by atoms with Gasteiger partial charge in [0.2, 0.25) is 5.91 Å². The Balaban J connectivity index is 0.966. The number of carboxylic acids is 1. The molecule has 56 heavy (non-hydrogen) atoms. The Hall–Kier alpha value is -1.63. The predicted molar refractivity (Wildman–Crippen MR) is 219 cm³/mol. The van der Waals surface area contributed by atoms with Crippen LogP contribution >= 0.6 is 0 Å². The summed E-state index contributed by atoms with van der Waals surface area (Å²) in [5.41, 5.74) is 0.155. The summed E-state index contributed by atoms with van der Waals surface area (Å²) in [6.07, 6.45) is 20.9. The van der Waals surface area contributed by atoms with Gasteiger partial charge in [0.15, 0.2) is 0 Å². The molecular weight excluding hydrogens is 697 g/mol. The van der Waals surface area contributed by atoms with Gasteiger partial charge in [-0.2, -0.15) is 0 Å². The summed E-state index contributed by atoms with van der Waals surface area (Å²) in [6.45, 7) is 23.8. The van der Waals surface area contributed by atoms with Crippen molar-refractivity contribution >= 4 is 17.8 Å². The zero-order valence-corrected chi connectivity index (χ0v) is 36.7. The van der Waals surface area contributed by atoms with Crippen molar-refractivity contribution in [1.29, 1.82) is 0 Å². The highest BCUT2D eigenvalue weighted by Gasteiger charge is 2.74. The smallest absolute Gasteiger partial charge is 0.309 e. The lowest BCUT2D eigenvalue weighted by Crippen LogP contribution is -2.68. The maximum atomic E-state index is 15.5. The van der Waals surface area contributed by atoms with Crippen LogP contribution in [0.15, 0.2) is 0 Å². The van der Waals surface area contributed by atoms with E-state index in [1.807, 2.05) is 13.8 Å². The largest absolute Gasteiger partial charge is 0.481 e. The van der Waals surface area contributed by atoms with Gasteiger partial charge in [-0.3, -0.25) is 14.4 Å². The van der Waals surface area contributed by atoms with Crippen LogP contribution in [-0.2, 0) is 19.1 Å². The Morgan fingerprint density at radius 3 is 2.05 bits per heavy atom. The molecule has 13 atom stereocenters. The molecule has 0 bridgehead atoms. The molecule has 9 rings (SSSR count). The lowest BCUT2D eigenvalue weighted by molar-refractivity contribution is -0.253. The second-order valence-electron chi connectivity index (χ2n) is 24.1. The minimum Gasteiger partial charge on any atom is -0.481 e. The van der Waals surface area contributed by atoms with Gasteiger partial charge in [0.25, 0.3) is 0 Å². The Bertz CT molecular complexity index is 1600. The molecule has 2 saturated heterocycles. The quantitative estimate of drug-likeness (QED) is 0.259. The molecule has 1 amide bonds. The van der Waals surface area contributed by atoms with E-state index in [1.54, 1.807) is 0 Å². The van der Waals surface area contributed by atoms with Crippen LogP contribution in [0.5, 0.6) is 0 Å². The van der Waals surface area contributed by atoms with Gasteiger partial charge in [-0.25, -0.2) is 0 Å². The van der Waals surface area contributed by atoms with E-state index in [0.717, 1.165) is 38.8 Å². The van der Waals surface area contributed by atoms with Gasteiger partial charge >= 0.3 is 11.9 Å². The van der Waals surface area contributed by atoms with Crippen LogP contribution in [0.1, 0.15) is 171 Å². The van der Waals surface area contributed by atoms with Crippen molar-refractivity contribution in [1.82, 2.24) is 9.80 Å². The first-order chi connectivity index (χ1) is 26.3. The third-order valence-corrected chi connectivity index (χ3v) is 21.4. The normalized spacial score (nSPS) is 48.7. The second kappa shape index (κ2) is 13.2. The van der Waals surface area contributed by atoms with Gasteiger partial charge in [0, 0.05) is 24.5 Å². The minimum absolute atomic E-state index is 0.131. The number of piperidine rings is 1. The number of carboxylic acid groups (broad SMARTS) is 1. The molecule has 9 aliphatic rings. The van der Waals surface area contributed by atoms with Crippen molar-refractivity contribution in [2.75, 3.05) is 26.2 Å². The zero-order chi connectivity index (χ0) is 39.8. The summed E-state index contributed by atoms with van der Waals surface area (Å²) >= 11 is 0. The molecule has 7 aliphatic carbocycles. The molecule has 0 radical (unpaired) electrons. The number of fused-ring (bicyclic) bond motifs is 7. The number of aliphatic carboxylic acids is 1. The molecule has 0 aromatic rings. The molecule has 314 valence electrons. The van der Waals surface area contributed by atoms with Gasteiger partial charge in [-0.1, -0.05) is 61.8 Å². The zero-order valence-electron chi connectivity index (χ0n) is 36.7. The van der Waals surface area contributed by atoms with Crippen LogP contribution in [0.4, 0.5) is 0 Å². The Labute approximate surface area is 339 Å². The van der Waals surface area contributed by atoms with Crippen molar-refractivity contribution in [3.05, 3.63) is 0 Å². The number of hydrogen-bond acceptors (Lipinski definition) is 5. The van der Waals surface area contributed by atoms with Gasteiger partial charge in [-0.15, -0.1) is 0 Å². The van der Waals surface area contributed by atoms with Crippen molar-refractivity contribution in [2.45, 2.75) is 183 Å². The molecule has 2 aliphatic heterocycles. The highest BCUT2D eigenvalue weighted by atomic mass is 16.5.